The molecule has 0 radical (unpaired) electrons. The number of carbonyl (C=O) groups is 1. The molecule has 0 saturated heterocycles. The summed E-state index contributed by atoms with van der Waals surface area (Å²) in [4.78, 5) is 17.7. The molecule has 154 valence electrons. The molecule has 0 amide bonds. The molecule has 0 spiro atoms. The lowest BCUT2D eigenvalue weighted by Crippen LogP contribution is -2.12. The standard InChI is InChI=1S/C24H19FN4O2/c1-28(20-8-4-3-7-18(20)25)21-9-5-6-16-22(27-29(2)23(16)21)14-12-17-15(24(30)31)10-11-26-19(17)13-14/h3-11,13H,12H2,1-2H3,(H,30,31). The van der Waals surface area contributed by atoms with Crippen molar-refractivity contribution >= 4 is 39.9 Å². The van der Waals surface area contributed by atoms with Crippen molar-refractivity contribution in [2.75, 3.05) is 11.9 Å². The second-order valence-corrected chi connectivity index (χ2v) is 7.53. The van der Waals surface area contributed by atoms with Gasteiger partial charge in [0.25, 0.3) is 0 Å². The van der Waals surface area contributed by atoms with Crippen LogP contribution >= 0.6 is 0 Å². The van der Waals surface area contributed by atoms with Crippen LogP contribution in [0.5, 0.6) is 0 Å². The summed E-state index contributed by atoms with van der Waals surface area (Å²) in [5, 5.41) is 15.2. The first-order valence-corrected chi connectivity index (χ1v) is 9.82. The number of aryl methyl sites for hydroxylation is 1. The highest BCUT2D eigenvalue weighted by molar-refractivity contribution is 6.04. The summed E-state index contributed by atoms with van der Waals surface area (Å²) in [6.07, 6.45) is 3.86. The van der Waals surface area contributed by atoms with Crippen LogP contribution in [0.4, 0.5) is 15.8 Å². The third kappa shape index (κ3) is 2.97. The number of benzene rings is 2. The molecule has 7 heteroatoms. The number of aromatic carboxylic acids is 1. The SMILES string of the molecule is CN(c1ccccc1F)c1cccc2c(C3=Cc4nccc(C(=O)O)c4C3)nn(C)c12. The van der Waals surface area contributed by atoms with Gasteiger partial charge in [0.15, 0.2) is 0 Å². The smallest absolute Gasteiger partial charge is 0.336 e. The van der Waals surface area contributed by atoms with E-state index in [1.165, 1.54) is 18.3 Å². The van der Waals surface area contributed by atoms with Crippen LogP contribution < -0.4 is 4.90 Å². The number of hydrogen-bond acceptors (Lipinski definition) is 4. The van der Waals surface area contributed by atoms with Gasteiger partial charge in [-0.25, -0.2) is 9.18 Å². The number of fused-ring (bicyclic) bond motifs is 2. The van der Waals surface area contributed by atoms with Crippen molar-refractivity contribution in [2.45, 2.75) is 6.42 Å². The van der Waals surface area contributed by atoms with E-state index in [0.717, 1.165) is 27.9 Å². The van der Waals surface area contributed by atoms with Crippen molar-refractivity contribution < 1.29 is 14.3 Å². The van der Waals surface area contributed by atoms with Crippen LogP contribution in [-0.2, 0) is 13.5 Å². The number of hydrogen-bond donors (Lipinski definition) is 1. The second kappa shape index (κ2) is 7.05. The largest absolute Gasteiger partial charge is 0.478 e. The van der Waals surface area contributed by atoms with E-state index < -0.39 is 5.97 Å². The predicted octanol–water partition coefficient (Wildman–Crippen LogP) is 4.67. The summed E-state index contributed by atoms with van der Waals surface area (Å²) < 4.78 is 16.2. The number of para-hydroxylation sites is 2. The van der Waals surface area contributed by atoms with Gasteiger partial charge in [0.05, 0.1) is 33.8 Å². The molecular formula is C24H19FN4O2. The van der Waals surface area contributed by atoms with Crippen molar-refractivity contribution in [2.24, 2.45) is 7.05 Å². The van der Waals surface area contributed by atoms with Gasteiger partial charge in [-0.3, -0.25) is 9.67 Å². The lowest BCUT2D eigenvalue weighted by atomic mass is 10.0. The third-order valence-corrected chi connectivity index (χ3v) is 5.72. The van der Waals surface area contributed by atoms with E-state index >= 15 is 0 Å². The zero-order chi connectivity index (χ0) is 21.7. The quantitative estimate of drug-likeness (QED) is 0.525. The molecule has 0 bridgehead atoms. The number of anilines is 2. The van der Waals surface area contributed by atoms with E-state index in [4.69, 9.17) is 5.10 Å². The molecule has 0 aliphatic heterocycles. The van der Waals surface area contributed by atoms with Crippen LogP contribution in [0.1, 0.15) is 27.3 Å². The third-order valence-electron chi connectivity index (χ3n) is 5.72. The number of carboxylic acids is 1. The van der Waals surface area contributed by atoms with E-state index in [-0.39, 0.29) is 11.4 Å². The first-order chi connectivity index (χ1) is 15.0. The van der Waals surface area contributed by atoms with Crippen molar-refractivity contribution in [3.63, 3.8) is 0 Å². The number of aromatic nitrogens is 3. The van der Waals surface area contributed by atoms with Gasteiger partial charge >= 0.3 is 5.97 Å². The number of allylic oxidation sites excluding steroid dienone is 1. The summed E-state index contributed by atoms with van der Waals surface area (Å²) in [7, 11) is 3.68. The second-order valence-electron chi connectivity index (χ2n) is 7.53. The van der Waals surface area contributed by atoms with Crippen LogP contribution in [0.15, 0.2) is 54.7 Å². The van der Waals surface area contributed by atoms with E-state index in [0.29, 0.717) is 23.4 Å². The zero-order valence-corrected chi connectivity index (χ0v) is 17.0. The van der Waals surface area contributed by atoms with Gasteiger partial charge in [-0.2, -0.15) is 5.10 Å². The maximum Gasteiger partial charge on any atom is 0.336 e. The van der Waals surface area contributed by atoms with Gasteiger partial charge in [-0.15, -0.1) is 0 Å². The number of carboxylic acid groups (broad SMARTS) is 1. The summed E-state index contributed by atoms with van der Waals surface area (Å²) in [5.74, 6) is -1.27. The Bertz CT molecular complexity index is 1390. The Morgan fingerprint density at radius 3 is 2.68 bits per heavy atom. The summed E-state index contributed by atoms with van der Waals surface area (Å²) >= 11 is 0. The molecule has 31 heavy (non-hydrogen) atoms. The fraction of sp³-hybridized carbons (Fsp3) is 0.125. The number of pyridine rings is 1. The maximum absolute atomic E-state index is 14.4. The Morgan fingerprint density at radius 1 is 1.13 bits per heavy atom. The fourth-order valence-corrected chi connectivity index (χ4v) is 4.26. The number of nitrogens with zero attached hydrogens (tertiary/aromatic N) is 4. The number of rotatable bonds is 4. The minimum atomic E-state index is -0.965. The highest BCUT2D eigenvalue weighted by Crippen LogP contribution is 2.38. The van der Waals surface area contributed by atoms with Crippen LogP contribution in [0.25, 0.3) is 22.6 Å². The van der Waals surface area contributed by atoms with Gasteiger partial charge in [-0.05, 0) is 41.5 Å². The molecule has 5 rings (SSSR count). The average molecular weight is 414 g/mol. The lowest BCUT2D eigenvalue weighted by Gasteiger charge is -2.21. The molecule has 1 aliphatic carbocycles. The molecule has 0 unspecified atom stereocenters. The average Bonchev–Trinajstić information content (AvgIpc) is 3.34. The molecule has 4 aromatic rings. The van der Waals surface area contributed by atoms with Crippen molar-refractivity contribution in [3.05, 3.63) is 83.1 Å². The van der Waals surface area contributed by atoms with Crippen LogP contribution in [0, 0.1) is 5.82 Å². The topological polar surface area (TPSA) is 71.2 Å². The van der Waals surface area contributed by atoms with Gasteiger partial charge < -0.3 is 10.0 Å². The molecule has 0 atom stereocenters. The van der Waals surface area contributed by atoms with E-state index in [9.17, 15) is 14.3 Å². The van der Waals surface area contributed by atoms with Crippen LogP contribution in [0.2, 0.25) is 0 Å². The van der Waals surface area contributed by atoms with Crippen molar-refractivity contribution in [3.8, 4) is 0 Å². The zero-order valence-electron chi connectivity index (χ0n) is 17.0. The first-order valence-electron chi connectivity index (χ1n) is 9.82. The molecule has 1 N–H and O–H groups in total. The Kier molecular flexibility index (Phi) is 4.32. The summed E-state index contributed by atoms with van der Waals surface area (Å²) in [6.45, 7) is 0. The molecule has 2 aromatic carbocycles. The van der Waals surface area contributed by atoms with Crippen molar-refractivity contribution in [1.29, 1.82) is 0 Å². The molecule has 2 heterocycles. The predicted molar refractivity (Wildman–Crippen MR) is 118 cm³/mol. The Hall–Kier alpha value is -4.00. The molecule has 6 nitrogen and oxygen atoms in total. The Morgan fingerprint density at radius 2 is 1.90 bits per heavy atom. The normalized spacial score (nSPS) is 12.7. The van der Waals surface area contributed by atoms with E-state index in [1.807, 2.05) is 43.3 Å². The summed E-state index contributed by atoms with van der Waals surface area (Å²) in [6, 6.07) is 14.0. The Balaban J connectivity index is 1.62. The highest BCUT2D eigenvalue weighted by Gasteiger charge is 2.25. The minimum absolute atomic E-state index is 0.261. The monoisotopic (exact) mass is 414 g/mol. The highest BCUT2D eigenvalue weighted by atomic mass is 19.1. The number of halogens is 1. The van der Waals surface area contributed by atoms with Crippen LogP contribution in [0.3, 0.4) is 0 Å². The van der Waals surface area contributed by atoms with Crippen molar-refractivity contribution in [1.82, 2.24) is 14.8 Å². The van der Waals surface area contributed by atoms with Crippen LogP contribution in [-0.4, -0.2) is 32.9 Å². The van der Waals surface area contributed by atoms with E-state index in [1.54, 1.807) is 22.9 Å². The van der Waals surface area contributed by atoms with Gasteiger partial charge in [-0.1, -0.05) is 24.3 Å². The lowest BCUT2D eigenvalue weighted by molar-refractivity contribution is 0.0695. The molecule has 1 aliphatic rings. The van der Waals surface area contributed by atoms with Gasteiger partial charge in [0.1, 0.15) is 5.82 Å². The fourth-order valence-electron chi connectivity index (χ4n) is 4.26. The Labute approximate surface area is 177 Å². The molecule has 0 saturated carbocycles. The van der Waals surface area contributed by atoms with E-state index in [2.05, 4.69) is 4.98 Å². The maximum atomic E-state index is 14.4. The molecule has 2 aromatic heterocycles. The molecule has 0 fully saturated rings. The summed E-state index contributed by atoms with van der Waals surface area (Å²) in [5.41, 5.74) is 5.47. The van der Waals surface area contributed by atoms with Gasteiger partial charge in [0.2, 0.25) is 0 Å². The first kappa shape index (κ1) is 19.0. The minimum Gasteiger partial charge on any atom is -0.478 e. The van der Waals surface area contributed by atoms with Gasteiger partial charge in [0, 0.05) is 32.1 Å². The molecular weight excluding hydrogens is 395 g/mol.